The maximum absolute atomic E-state index is 11.1. The number of aliphatic hydroxyl groups is 1. The molecule has 0 bridgehead atoms. The summed E-state index contributed by atoms with van der Waals surface area (Å²) >= 11 is 0. The predicted molar refractivity (Wildman–Crippen MR) is 52.9 cm³/mol. The van der Waals surface area contributed by atoms with E-state index in [0.717, 1.165) is 25.7 Å². The van der Waals surface area contributed by atoms with Crippen LogP contribution in [0.5, 0.6) is 0 Å². The van der Waals surface area contributed by atoms with E-state index in [9.17, 15) is 9.90 Å². The molecule has 0 aromatic rings. The number of hydrogen-bond donors (Lipinski definition) is 2. The summed E-state index contributed by atoms with van der Waals surface area (Å²) in [5.41, 5.74) is -0.229. The van der Waals surface area contributed by atoms with Crippen LogP contribution in [0.15, 0.2) is 0 Å². The fourth-order valence-corrected chi connectivity index (χ4v) is 1.91. The first kappa shape index (κ1) is 11.5. The van der Waals surface area contributed by atoms with Crippen LogP contribution in [-0.4, -0.2) is 36.4 Å². The van der Waals surface area contributed by atoms with E-state index in [4.69, 9.17) is 4.74 Å². The number of carbonyl (C=O) groups excluding carboxylic acids is 1. The Morgan fingerprint density at radius 3 is 2.64 bits per heavy atom. The lowest BCUT2D eigenvalue weighted by molar-refractivity contribution is -0.142. The van der Waals surface area contributed by atoms with Crippen molar-refractivity contribution >= 4 is 5.97 Å². The predicted octanol–water partition coefficient (Wildman–Crippen LogP) is 0.444. The Morgan fingerprint density at radius 2 is 2.14 bits per heavy atom. The smallest absolute Gasteiger partial charge is 0.319 e. The molecule has 0 aromatic heterocycles. The SMILES string of the molecule is CCOC(=O)CNC1(CO)CCCC1. The molecule has 0 saturated heterocycles. The van der Waals surface area contributed by atoms with Crippen LogP contribution < -0.4 is 5.32 Å². The summed E-state index contributed by atoms with van der Waals surface area (Å²) in [7, 11) is 0. The molecule has 1 aliphatic carbocycles. The molecule has 2 N–H and O–H groups in total. The summed E-state index contributed by atoms with van der Waals surface area (Å²) in [6.45, 7) is 2.50. The lowest BCUT2D eigenvalue weighted by atomic mass is 9.99. The summed E-state index contributed by atoms with van der Waals surface area (Å²) in [5, 5.41) is 12.3. The van der Waals surface area contributed by atoms with Gasteiger partial charge < -0.3 is 9.84 Å². The van der Waals surface area contributed by atoms with E-state index in [1.54, 1.807) is 6.92 Å². The van der Waals surface area contributed by atoms with Gasteiger partial charge in [-0.05, 0) is 19.8 Å². The fraction of sp³-hybridized carbons (Fsp3) is 0.900. The maximum Gasteiger partial charge on any atom is 0.319 e. The molecule has 1 rings (SSSR count). The highest BCUT2D eigenvalue weighted by Crippen LogP contribution is 2.28. The van der Waals surface area contributed by atoms with Gasteiger partial charge in [-0.15, -0.1) is 0 Å². The van der Waals surface area contributed by atoms with Crippen LogP contribution in [0.1, 0.15) is 32.6 Å². The van der Waals surface area contributed by atoms with E-state index in [1.165, 1.54) is 0 Å². The van der Waals surface area contributed by atoms with Crippen LogP contribution in [0.3, 0.4) is 0 Å². The molecule has 1 saturated carbocycles. The molecule has 0 radical (unpaired) electrons. The number of ether oxygens (including phenoxy) is 1. The van der Waals surface area contributed by atoms with Crippen LogP contribution in [0, 0.1) is 0 Å². The third kappa shape index (κ3) is 2.96. The summed E-state index contributed by atoms with van der Waals surface area (Å²) < 4.78 is 4.81. The van der Waals surface area contributed by atoms with Crippen molar-refractivity contribution in [3.05, 3.63) is 0 Å². The first-order chi connectivity index (χ1) is 6.72. The molecule has 4 heteroatoms. The molecule has 4 nitrogen and oxygen atoms in total. The third-order valence-electron chi connectivity index (χ3n) is 2.78. The van der Waals surface area contributed by atoms with E-state index in [2.05, 4.69) is 5.32 Å². The first-order valence-corrected chi connectivity index (χ1v) is 5.24. The molecule has 0 spiro atoms. The number of rotatable bonds is 5. The topological polar surface area (TPSA) is 58.6 Å². The second-order valence-electron chi connectivity index (χ2n) is 3.80. The molecule has 1 fully saturated rings. The Balaban J connectivity index is 2.30. The second-order valence-corrected chi connectivity index (χ2v) is 3.80. The number of carbonyl (C=O) groups is 1. The zero-order valence-electron chi connectivity index (χ0n) is 8.71. The van der Waals surface area contributed by atoms with Gasteiger partial charge in [0.25, 0.3) is 0 Å². The van der Waals surface area contributed by atoms with Gasteiger partial charge in [0, 0.05) is 5.54 Å². The Labute approximate surface area is 84.6 Å². The molecule has 82 valence electrons. The maximum atomic E-state index is 11.1. The van der Waals surface area contributed by atoms with Crippen molar-refractivity contribution in [1.82, 2.24) is 5.32 Å². The Kier molecular flexibility index (Phi) is 4.35. The van der Waals surface area contributed by atoms with Crippen LogP contribution in [0.2, 0.25) is 0 Å². The largest absolute Gasteiger partial charge is 0.465 e. The minimum Gasteiger partial charge on any atom is -0.465 e. The Bertz CT molecular complexity index is 188. The van der Waals surface area contributed by atoms with Crippen molar-refractivity contribution in [3.8, 4) is 0 Å². The van der Waals surface area contributed by atoms with Crippen molar-refractivity contribution < 1.29 is 14.6 Å². The van der Waals surface area contributed by atoms with E-state index in [-0.39, 0.29) is 24.7 Å². The molecule has 0 aromatic carbocycles. The van der Waals surface area contributed by atoms with E-state index in [0.29, 0.717) is 6.61 Å². The van der Waals surface area contributed by atoms with Crippen molar-refractivity contribution in [3.63, 3.8) is 0 Å². The van der Waals surface area contributed by atoms with Gasteiger partial charge in [0.2, 0.25) is 0 Å². The van der Waals surface area contributed by atoms with Gasteiger partial charge in [-0.25, -0.2) is 0 Å². The van der Waals surface area contributed by atoms with Crippen molar-refractivity contribution in [1.29, 1.82) is 0 Å². The first-order valence-electron chi connectivity index (χ1n) is 5.24. The van der Waals surface area contributed by atoms with E-state index >= 15 is 0 Å². The van der Waals surface area contributed by atoms with Crippen LogP contribution >= 0.6 is 0 Å². The molecular weight excluding hydrogens is 182 g/mol. The van der Waals surface area contributed by atoms with Crippen molar-refractivity contribution in [2.45, 2.75) is 38.1 Å². The normalized spacial score (nSPS) is 19.6. The Morgan fingerprint density at radius 1 is 1.50 bits per heavy atom. The lowest BCUT2D eigenvalue weighted by Crippen LogP contribution is -2.48. The number of esters is 1. The number of nitrogens with one attached hydrogen (secondary N) is 1. The molecule has 0 unspecified atom stereocenters. The standard InChI is InChI=1S/C10H19NO3/c1-2-14-9(13)7-11-10(8-12)5-3-4-6-10/h11-12H,2-8H2,1H3. The zero-order chi connectivity index (χ0) is 10.4. The average Bonchev–Trinajstić information content (AvgIpc) is 2.65. The van der Waals surface area contributed by atoms with Crippen molar-refractivity contribution in [2.75, 3.05) is 19.8 Å². The molecular formula is C10H19NO3. The quantitative estimate of drug-likeness (QED) is 0.634. The Hall–Kier alpha value is -0.610. The number of aliphatic hydroxyl groups excluding tert-OH is 1. The molecule has 0 aliphatic heterocycles. The molecule has 14 heavy (non-hydrogen) atoms. The highest BCUT2D eigenvalue weighted by atomic mass is 16.5. The van der Waals surface area contributed by atoms with Crippen LogP contribution in [0.4, 0.5) is 0 Å². The van der Waals surface area contributed by atoms with Crippen LogP contribution in [0.25, 0.3) is 0 Å². The minimum atomic E-state index is -0.243. The second kappa shape index (κ2) is 5.32. The summed E-state index contributed by atoms with van der Waals surface area (Å²) in [6, 6.07) is 0. The van der Waals surface area contributed by atoms with Crippen molar-refractivity contribution in [2.24, 2.45) is 0 Å². The van der Waals surface area contributed by atoms with Gasteiger partial charge in [-0.1, -0.05) is 12.8 Å². The highest BCUT2D eigenvalue weighted by Gasteiger charge is 2.32. The molecule has 0 heterocycles. The van der Waals surface area contributed by atoms with E-state index in [1.807, 2.05) is 0 Å². The van der Waals surface area contributed by atoms with Gasteiger partial charge in [-0.3, -0.25) is 10.1 Å². The van der Waals surface area contributed by atoms with Gasteiger partial charge in [-0.2, -0.15) is 0 Å². The van der Waals surface area contributed by atoms with Crippen LogP contribution in [-0.2, 0) is 9.53 Å². The molecule has 1 aliphatic rings. The van der Waals surface area contributed by atoms with E-state index < -0.39 is 0 Å². The van der Waals surface area contributed by atoms with Gasteiger partial charge in [0.05, 0.1) is 19.8 Å². The van der Waals surface area contributed by atoms with Gasteiger partial charge >= 0.3 is 5.97 Å². The zero-order valence-corrected chi connectivity index (χ0v) is 8.71. The fourth-order valence-electron chi connectivity index (χ4n) is 1.91. The van der Waals surface area contributed by atoms with Gasteiger partial charge in [0.1, 0.15) is 0 Å². The highest BCUT2D eigenvalue weighted by molar-refractivity contribution is 5.71. The minimum absolute atomic E-state index is 0.104. The number of hydrogen-bond acceptors (Lipinski definition) is 4. The van der Waals surface area contributed by atoms with Gasteiger partial charge in [0.15, 0.2) is 0 Å². The monoisotopic (exact) mass is 201 g/mol. The summed E-state index contributed by atoms with van der Waals surface area (Å²) in [5.74, 6) is -0.243. The molecule has 0 atom stereocenters. The lowest BCUT2D eigenvalue weighted by Gasteiger charge is -2.27. The summed E-state index contributed by atoms with van der Waals surface area (Å²) in [4.78, 5) is 11.1. The average molecular weight is 201 g/mol. The third-order valence-corrected chi connectivity index (χ3v) is 2.78. The molecule has 0 amide bonds. The summed E-state index contributed by atoms with van der Waals surface area (Å²) in [6.07, 6.45) is 4.14.